The van der Waals surface area contributed by atoms with Crippen LogP contribution in [0, 0.1) is 0 Å². The number of anilines is 1. The number of hydrazone groups is 1. The number of fused-ring (bicyclic) bond motifs is 1. The standard InChI is InChI=1S/C17H21N3S/c1-12(2)14-9-7-13(8-10-14)11-18-20-17-19-15-5-3-4-6-16(15)21-17/h7-12H,3-6H2,1-2H3,(H,19,20)/b18-11+. The Kier molecular flexibility index (Phi) is 4.34. The largest absolute Gasteiger partial charge is 0.253 e. The Balaban J connectivity index is 1.62. The molecule has 1 aromatic heterocycles. The zero-order valence-electron chi connectivity index (χ0n) is 12.6. The Morgan fingerprint density at radius 3 is 2.67 bits per heavy atom. The van der Waals surface area contributed by atoms with Crippen LogP contribution in [0.1, 0.15) is 54.3 Å². The quantitative estimate of drug-likeness (QED) is 0.662. The minimum Gasteiger partial charge on any atom is -0.253 e. The first-order chi connectivity index (χ1) is 10.2. The van der Waals surface area contributed by atoms with Gasteiger partial charge in [-0.1, -0.05) is 38.1 Å². The van der Waals surface area contributed by atoms with Crippen molar-refractivity contribution in [3.05, 3.63) is 46.0 Å². The fourth-order valence-electron chi connectivity index (χ4n) is 2.53. The van der Waals surface area contributed by atoms with Crippen LogP contribution in [0.3, 0.4) is 0 Å². The molecule has 1 aromatic carbocycles. The summed E-state index contributed by atoms with van der Waals surface area (Å²) in [4.78, 5) is 6.04. The Bertz CT molecular complexity index is 602. The third kappa shape index (κ3) is 3.50. The summed E-state index contributed by atoms with van der Waals surface area (Å²) in [5.74, 6) is 0.566. The van der Waals surface area contributed by atoms with Gasteiger partial charge in [0.1, 0.15) is 0 Å². The average Bonchev–Trinajstić information content (AvgIpc) is 2.90. The molecule has 2 aromatic rings. The topological polar surface area (TPSA) is 37.3 Å². The lowest BCUT2D eigenvalue weighted by Gasteiger charge is -2.06. The second-order valence-electron chi connectivity index (χ2n) is 5.79. The molecule has 3 nitrogen and oxygen atoms in total. The predicted molar refractivity (Wildman–Crippen MR) is 90.5 cm³/mol. The molecule has 3 rings (SSSR count). The van der Waals surface area contributed by atoms with Crippen molar-refractivity contribution in [2.24, 2.45) is 5.10 Å². The number of rotatable bonds is 4. The Labute approximate surface area is 130 Å². The monoisotopic (exact) mass is 299 g/mol. The van der Waals surface area contributed by atoms with Crippen LogP contribution in [0.15, 0.2) is 29.4 Å². The van der Waals surface area contributed by atoms with Crippen molar-refractivity contribution in [2.45, 2.75) is 45.4 Å². The maximum atomic E-state index is 4.61. The number of hydrogen-bond acceptors (Lipinski definition) is 4. The molecular weight excluding hydrogens is 278 g/mol. The summed E-state index contributed by atoms with van der Waals surface area (Å²) in [6, 6.07) is 8.53. The van der Waals surface area contributed by atoms with Gasteiger partial charge in [0.2, 0.25) is 5.13 Å². The van der Waals surface area contributed by atoms with Crippen molar-refractivity contribution >= 4 is 22.7 Å². The predicted octanol–water partition coefficient (Wildman–Crippen LogP) is 4.59. The highest BCUT2D eigenvalue weighted by Gasteiger charge is 2.14. The van der Waals surface area contributed by atoms with E-state index in [1.165, 1.54) is 35.4 Å². The fraction of sp³-hybridized carbons (Fsp3) is 0.412. The third-order valence-electron chi connectivity index (χ3n) is 3.82. The minimum atomic E-state index is 0.566. The number of aromatic nitrogens is 1. The summed E-state index contributed by atoms with van der Waals surface area (Å²) < 4.78 is 0. The SMILES string of the molecule is CC(C)c1ccc(/C=N/Nc2nc3c(s2)CCCC3)cc1. The third-order valence-corrected chi connectivity index (χ3v) is 4.88. The van der Waals surface area contributed by atoms with Crippen molar-refractivity contribution in [1.29, 1.82) is 0 Å². The number of benzene rings is 1. The number of nitrogens with one attached hydrogen (secondary N) is 1. The van der Waals surface area contributed by atoms with E-state index in [2.05, 4.69) is 53.6 Å². The van der Waals surface area contributed by atoms with Gasteiger partial charge in [-0.2, -0.15) is 5.10 Å². The lowest BCUT2D eigenvalue weighted by molar-refractivity contribution is 0.682. The van der Waals surface area contributed by atoms with Crippen LogP contribution in [0.4, 0.5) is 5.13 Å². The van der Waals surface area contributed by atoms with E-state index in [0.717, 1.165) is 17.1 Å². The fourth-order valence-corrected chi connectivity index (χ4v) is 3.53. The molecule has 0 amide bonds. The molecule has 0 aliphatic heterocycles. The van der Waals surface area contributed by atoms with E-state index in [1.807, 2.05) is 6.21 Å². The zero-order chi connectivity index (χ0) is 14.7. The Hall–Kier alpha value is -1.68. The van der Waals surface area contributed by atoms with E-state index in [-0.39, 0.29) is 0 Å². The van der Waals surface area contributed by atoms with Crippen LogP contribution in [0.2, 0.25) is 0 Å². The molecule has 0 saturated carbocycles. The van der Waals surface area contributed by atoms with Crippen molar-refractivity contribution in [3.63, 3.8) is 0 Å². The lowest BCUT2D eigenvalue weighted by atomic mass is 10.0. The lowest BCUT2D eigenvalue weighted by Crippen LogP contribution is -1.99. The van der Waals surface area contributed by atoms with Crippen LogP contribution >= 0.6 is 11.3 Å². The number of nitrogens with zero attached hydrogens (tertiary/aromatic N) is 2. The summed E-state index contributed by atoms with van der Waals surface area (Å²) in [5.41, 5.74) is 6.79. The van der Waals surface area contributed by atoms with E-state index in [1.54, 1.807) is 11.3 Å². The molecule has 0 spiro atoms. The van der Waals surface area contributed by atoms with Gasteiger partial charge < -0.3 is 0 Å². The van der Waals surface area contributed by atoms with Gasteiger partial charge in [0.05, 0.1) is 11.9 Å². The van der Waals surface area contributed by atoms with Crippen LogP contribution in [0.25, 0.3) is 0 Å². The molecule has 0 fully saturated rings. The van der Waals surface area contributed by atoms with Crippen LogP contribution in [0.5, 0.6) is 0 Å². The van der Waals surface area contributed by atoms with Gasteiger partial charge in [-0.25, -0.2) is 4.98 Å². The van der Waals surface area contributed by atoms with Crippen molar-refractivity contribution in [2.75, 3.05) is 5.43 Å². The van der Waals surface area contributed by atoms with Gasteiger partial charge in [0, 0.05) is 4.88 Å². The molecule has 1 heterocycles. The first kappa shape index (κ1) is 14.3. The van der Waals surface area contributed by atoms with Crippen molar-refractivity contribution in [1.82, 2.24) is 4.98 Å². The van der Waals surface area contributed by atoms with E-state index in [0.29, 0.717) is 5.92 Å². The normalized spacial score (nSPS) is 14.6. The zero-order valence-corrected chi connectivity index (χ0v) is 13.4. The summed E-state index contributed by atoms with van der Waals surface area (Å²) >= 11 is 1.74. The highest BCUT2D eigenvalue weighted by Crippen LogP contribution is 2.29. The molecule has 0 atom stereocenters. The second kappa shape index (κ2) is 6.39. The van der Waals surface area contributed by atoms with Gasteiger partial charge in [0.25, 0.3) is 0 Å². The molecular formula is C17H21N3S. The van der Waals surface area contributed by atoms with Crippen LogP contribution in [-0.4, -0.2) is 11.2 Å². The van der Waals surface area contributed by atoms with Crippen molar-refractivity contribution in [3.8, 4) is 0 Å². The minimum absolute atomic E-state index is 0.566. The molecule has 110 valence electrons. The summed E-state index contributed by atoms with van der Waals surface area (Å²) in [7, 11) is 0. The number of thiazole rings is 1. The first-order valence-electron chi connectivity index (χ1n) is 7.60. The summed E-state index contributed by atoms with van der Waals surface area (Å²) in [5, 5.41) is 5.22. The van der Waals surface area contributed by atoms with E-state index < -0.39 is 0 Å². The van der Waals surface area contributed by atoms with E-state index >= 15 is 0 Å². The van der Waals surface area contributed by atoms with Gasteiger partial charge in [0.15, 0.2) is 0 Å². The molecule has 0 bridgehead atoms. The average molecular weight is 299 g/mol. The molecule has 0 saturated heterocycles. The van der Waals surface area contributed by atoms with Gasteiger partial charge in [-0.15, -0.1) is 11.3 Å². The summed E-state index contributed by atoms with van der Waals surface area (Å²) in [6.07, 6.45) is 6.70. The van der Waals surface area contributed by atoms with E-state index in [4.69, 9.17) is 0 Å². The van der Waals surface area contributed by atoms with Crippen LogP contribution in [-0.2, 0) is 12.8 Å². The molecule has 21 heavy (non-hydrogen) atoms. The smallest absolute Gasteiger partial charge is 0.203 e. The molecule has 1 N–H and O–H groups in total. The highest BCUT2D eigenvalue weighted by molar-refractivity contribution is 7.15. The molecule has 1 aliphatic rings. The van der Waals surface area contributed by atoms with Gasteiger partial charge >= 0.3 is 0 Å². The van der Waals surface area contributed by atoms with Gasteiger partial charge in [-0.05, 0) is 42.7 Å². The van der Waals surface area contributed by atoms with Crippen LogP contribution < -0.4 is 5.43 Å². The summed E-state index contributed by atoms with van der Waals surface area (Å²) in [6.45, 7) is 4.41. The van der Waals surface area contributed by atoms with Gasteiger partial charge in [-0.3, -0.25) is 5.43 Å². The maximum absolute atomic E-state index is 4.61. The Morgan fingerprint density at radius 2 is 1.95 bits per heavy atom. The van der Waals surface area contributed by atoms with E-state index in [9.17, 15) is 0 Å². The first-order valence-corrected chi connectivity index (χ1v) is 8.41. The number of hydrogen-bond donors (Lipinski definition) is 1. The molecule has 0 unspecified atom stereocenters. The highest BCUT2D eigenvalue weighted by atomic mass is 32.1. The molecule has 0 radical (unpaired) electrons. The second-order valence-corrected chi connectivity index (χ2v) is 6.87. The Morgan fingerprint density at radius 1 is 1.19 bits per heavy atom. The number of aryl methyl sites for hydroxylation is 2. The maximum Gasteiger partial charge on any atom is 0.203 e. The van der Waals surface area contributed by atoms with Crippen molar-refractivity contribution < 1.29 is 0 Å². The molecule has 4 heteroatoms. The molecule has 1 aliphatic carbocycles.